The molecule has 0 saturated carbocycles. The lowest BCUT2D eigenvalue weighted by molar-refractivity contribution is 0.105. The van der Waals surface area contributed by atoms with E-state index in [0.717, 1.165) is 16.3 Å². The van der Waals surface area contributed by atoms with Gasteiger partial charge in [0.25, 0.3) is 0 Å². The quantitative estimate of drug-likeness (QED) is 0.473. The fourth-order valence-corrected chi connectivity index (χ4v) is 2.12. The second-order valence-corrected chi connectivity index (χ2v) is 4.47. The first-order valence-corrected chi connectivity index (χ1v) is 6.44. The van der Waals surface area contributed by atoms with Gasteiger partial charge < -0.3 is 0 Å². The van der Waals surface area contributed by atoms with Crippen LogP contribution in [0.2, 0.25) is 0 Å². The van der Waals surface area contributed by atoms with Crippen molar-refractivity contribution in [3.05, 3.63) is 83.9 Å². The fourth-order valence-electron chi connectivity index (χ4n) is 2.12. The minimum absolute atomic E-state index is 0.154. The van der Waals surface area contributed by atoms with Gasteiger partial charge in [-0.15, -0.1) is 0 Å². The molecule has 0 aliphatic rings. The zero-order valence-corrected chi connectivity index (χ0v) is 10.8. The zero-order valence-electron chi connectivity index (χ0n) is 10.8. The lowest BCUT2D eigenvalue weighted by Gasteiger charge is -1.99. The molecule has 3 rings (SSSR count). The third-order valence-electron chi connectivity index (χ3n) is 3.14. The van der Waals surface area contributed by atoms with Gasteiger partial charge in [0.1, 0.15) is 0 Å². The fraction of sp³-hybridized carbons (Fsp3) is 0. The SMILES string of the molecule is O=C(C#Cc1cccc2ccccc12)c1ccccc1. The number of Topliss-reactive ketones (excluding diaryl/α,β-unsaturated/α-hetero) is 1. The van der Waals surface area contributed by atoms with Crippen LogP contribution in [0.3, 0.4) is 0 Å². The van der Waals surface area contributed by atoms with E-state index in [9.17, 15) is 4.79 Å². The Labute approximate surface area is 117 Å². The molecular formula is C19H12O. The maximum atomic E-state index is 12.0. The molecule has 0 heterocycles. The molecule has 20 heavy (non-hydrogen) atoms. The molecule has 3 aromatic rings. The van der Waals surface area contributed by atoms with Crippen molar-refractivity contribution >= 4 is 16.6 Å². The van der Waals surface area contributed by atoms with Crippen LogP contribution in [0.5, 0.6) is 0 Å². The average Bonchev–Trinajstić information content (AvgIpc) is 2.53. The van der Waals surface area contributed by atoms with Gasteiger partial charge in [0.15, 0.2) is 0 Å². The van der Waals surface area contributed by atoms with E-state index >= 15 is 0 Å². The second-order valence-electron chi connectivity index (χ2n) is 4.47. The van der Waals surface area contributed by atoms with Gasteiger partial charge in [0.05, 0.1) is 0 Å². The van der Waals surface area contributed by atoms with Gasteiger partial charge in [-0.3, -0.25) is 4.79 Å². The Balaban J connectivity index is 1.99. The first kappa shape index (κ1) is 12.2. The molecule has 0 atom stereocenters. The molecule has 0 amide bonds. The van der Waals surface area contributed by atoms with Crippen LogP contribution in [-0.2, 0) is 0 Å². The number of carbonyl (C=O) groups is 1. The Morgan fingerprint density at radius 2 is 1.45 bits per heavy atom. The highest BCUT2D eigenvalue weighted by Crippen LogP contribution is 2.17. The smallest absolute Gasteiger partial charge is 0.236 e. The van der Waals surface area contributed by atoms with Crippen LogP contribution in [-0.4, -0.2) is 5.78 Å². The summed E-state index contributed by atoms with van der Waals surface area (Å²) in [5.74, 6) is 5.55. The molecule has 0 N–H and O–H groups in total. The Morgan fingerprint density at radius 3 is 2.30 bits per heavy atom. The van der Waals surface area contributed by atoms with E-state index in [1.807, 2.05) is 60.7 Å². The molecule has 0 aliphatic carbocycles. The molecule has 0 aliphatic heterocycles. The van der Waals surface area contributed by atoms with E-state index in [1.165, 1.54) is 0 Å². The van der Waals surface area contributed by atoms with Crippen LogP contribution >= 0.6 is 0 Å². The summed E-state index contributed by atoms with van der Waals surface area (Å²) < 4.78 is 0. The number of benzene rings is 3. The topological polar surface area (TPSA) is 17.1 Å². The third kappa shape index (κ3) is 2.46. The molecule has 3 aromatic carbocycles. The van der Waals surface area contributed by atoms with E-state index in [1.54, 1.807) is 12.1 Å². The van der Waals surface area contributed by atoms with Gasteiger partial charge in [-0.1, -0.05) is 72.7 Å². The van der Waals surface area contributed by atoms with Crippen molar-refractivity contribution < 1.29 is 4.79 Å². The van der Waals surface area contributed by atoms with Crippen molar-refractivity contribution in [3.8, 4) is 11.8 Å². The lowest BCUT2D eigenvalue weighted by atomic mass is 10.0. The van der Waals surface area contributed by atoms with Crippen molar-refractivity contribution in [3.63, 3.8) is 0 Å². The van der Waals surface area contributed by atoms with Crippen LogP contribution in [0.1, 0.15) is 15.9 Å². The van der Waals surface area contributed by atoms with Gasteiger partial charge in [-0.05, 0) is 22.8 Å². The van der Waals surface area contributed by atoms with Crippen LogP contribution in [0.15, 0.2) is 72.8 Å². The Kier molecular flexibility index (Phi) is 3.31. The molecule has 0 aromatic heterocycles. The van der Waals surface area contributed by atoms with Crippen molar-refractivity contribution in [2.24, 2.45) is 0 Å². The maximum absolute atomic E-state index is 12.0. The van der Waals surface area contributed by atoms with Crippen molar-refractivity contribution in [1.29, 1.82) is 0 Å². The van der Waals surface area contributed by atoms with Crippen molar-refractivity contribution in [2.75, 3.05) is 0 Å². The summed E-state index contributed by atoms with van der Waals surface area (Å²) in [6, 6.07) is 23.1. The molecule has 94 valence electrons. The van der Waals surface area contributed by atoms with E-state index in [-0.39, 0.29) is 5.78 Å². The number of carbonyl (C=O) groups excluding carboxylic acids is 1. The molecule has 0 unspecified atom stereocenters. The standard InChI is InChI=1S/C19H12O/c20-19(17-8-2-1-3-9-17)14-13-16-11-6-10-15-7-4-5-12-18(15)16/h1-12H. The normalized spacial score (nSPS) is 9.80. The van der Waals surface area contributed by atoms with Gasteiger partial charge in [0, 0.05) is 11.1 Å². The molecule has 1 heteroatoms. The number of hydrogen-bond acceptors (Lipinski definition) is 1. The summed E-state index contributed by atoms with van der Waals surface area (Å²) >= 11 is 0. The predicted molar refractivity (Wildman–Crippen MR) is 81.6 cm³/mol. The molecule has 0 bridgehead atoms. The first-order chi connectivity index (χ1) is 9.84. The van der Waals surface area contributed by atoms with E-state index in [2.05, 4.69) is 11.8 Å². The van der Waals surface area contributed by atoms with Crippen LogP contribution in [0.25, 0.3) is 10.8 Å². The molecule has 1 nitrogen and oxygen atoms in total. The van der Waals surface area contributed by atoms with E-state index < -0.39 is 0 Å². The van der Waals surface area contributed by atoms with Crippen molar-refractivity contribution in [1.82, 2.24) is 0 Å². The highest BCUT2D eigenvalue weighted by Gasteiger charge is 2.00. The average molecular weight is 256 g/mol. The van der Waals surface area contributed by atoms with Gasteiger partial charge in [0.2, 0.25) is 5.78 Å². The summed E-state index contributed by atoms with van der Waals surface area (Å²) in [6.07, 6.45) is 0. The third-order valence-corrected chi connectivity index (χ3v) is 3.14. The molecule has 0 spiro atoms. The Morgan fingerprint density at radius 1 is 0.750 bits per heavy atom. The number of ketones is 1. The minimum Gasteiger partial charge on any atom is -0.279 e. The molecule has 0 radical (unpaired) electrons. The number of rotatable bonds is 1. The lowest BCUT2D eigenvalue weighted by Crippen LogP contribution is -1.93. The monoisotopic (exact) mass is 256 g/mol. The van der Waals surface area contributed by atoms with Gasteiger partial charge >= 0.3 is 0 Å². The Hall–Kier alpha value is -2.85. The summed E-state index contributed by atoms with van der Waals surface area (Å²) in [5.41, 5.74) is 1.51. The minimum atomic E-state index is -0.154. The van der Waals surface area contributed by atoms with Gasteiger partial charge in [-0.2, -0.15) is 0 Å². The van der Waals surface area contributed by atoms with Crippen LogP contribution in [0.4, 0.5) is 0 Å². The van der Waals surface area contributed by atoms with Crippen LogP contribution in [0, 0.1) is 11.8 Å². The second kappa shape index (κ2) is 5.42. The summed E-state index contributed by atoms with van der Waals surface area (Å²) in [6.45, 7) is 0. The van der Waals surface area contributed by atoms with Crippen molar-refractivity contribution in [2.45, 2.75) is 0 Å². The maximum Gasteiger partial charge on any atom is 0.236 e. The highest BCUT2D eigenvalue weighted by atomic mass is 16.1. The molecule has 0 saturated heterocycles. The summed E-state index contributed by atoms with van der Waals surface area (Å²) in [5, 5.41) is 2.20. The summed E-state index contributed by atoms with van der Waals surface area (Å²) in [4.78, 5) is 12.0. The molecule has 0 fully saturated rings. The van der Waals surface area contributed by atoms with Crippen LogP contribution < -0.4 is 0 Å². The number of fused-ring (bicyclic) bond motifs is 1. The predicted octanol–water partition coefficient (Wildman–Crippen LogP) is 4.07. The largest absolute Gasteiger partial charge is 0.279 e. The zero-order chi connectivity index (χ0) is 13.8. The first-order valence-electron chi connectivity index (χ1n) is 6.44. The summed E-state index contributed by atoms with van der Waals surface area (Å²) in [7, 11) is 0. The van der Waals surface area contributed by atoms with E-state index in [0.29, 0.717) is 5.56 Å². The Bertz CT molecular complexity index is 815. The number of hydrogen-bond donors (Lipinski definition) is 0. The van der Waals surface area contributed by atoms with E-state index in [4.69, 9.17) is 0 Å². The molecular weight excluding hydrogens is 244 g/mol. The highest BCUT2D eigenvalue weighted by molar-refractivity contribution is 6.09. The van der Waals surface area contributed by atoms with Gasteiger partial charge in [-0.25, -0.2) is 0 Å².